The average molecular weight is 324 g/mol. The Balaban J connectivity index is 1.58. The first-order valence-electron chi connectivity index (χ1n) is 8.71. The molecule has 0 aliphatic heterocycles. The number of hydrogen-bond donors (Lipinski definition) is 2. The monoisotopic (exact) mass is 323 g/mol. The second-order valence-electron chi connectivity index (χ2n) is 8.05. The topological polar surface area (TPSA) is 44.4 Å². The zero-order valence-corrected chi connectivity index (χ0v) is 14.7. The summed E-state index contributed by atoms with van der Waals surface area (Å²) in [5, 5.41) is 6.65. The van der Waals surface area contributed by atoms with Crippen molar-refractivity contribution < 1.29 is 4.79 Å². The maximum absolute atomic E-state index is 12.9. The molecule has 0 aromatic carbocycles. The number of hydrogen-bond acceptors (Lipinski definition) is 3. The minimum Gasteiger partial charge on any atom is -0.361 e. The van der Waals surface area contributed by atoms with Crippen molar-refractivity contribution in [3.8, 4) is 0 Å². The first kappa shape index (κ1) is 16.2. The van der Waals surface area contributed by atoms with Crippen molar-refractivity contribution >= 4 is 23.2 Å². The largest absolute Gasteiger partial charge is 0.361 e. The summed E-state index contributed by atoms with van der Waals surface area (Å²) < 4.78 is 0. The van der Waals surface area contributed by atoms with Crippen molar-refractivity contribution in [2.45, 2.75) is 44.9 Å². The lowest BCUT2D eigenvalue weighted by atomic mass is 9.61. The molecule has 0 saturated heterocycles. The molecule has 4 rings (SSSR count). The third kappa shape index (κ3) is 3.46. The highest BCUT2D eigenvalue weighted by molar-refractivity contribution is 7.80. The Hall–Kier alpha value is -0.680. The molecule has 4 fully saturated rings. The van der Waals surface area contributed by atoms with Gasteiger partial charge in [0.1, 0.15) is 0 Å². The summed E-state index contributed by atoms with van der Waals surface area (Å²) in [6, 6.07) is 0. The van der Waals surface area contributed by atoms with E-state index in [2.05, 4.69) is 15.5 Å². The molecule has 0 spiro atoms. The minimum absolute atomic E-state index is 0.133. The number of nitrogens with one attached hydrogen (secondary N) is 2. The van der Waals surface area contributed by atoms with Crippen molar-refractivity contribution in [2.75, 3.05) is 27.2 Å². The van der Waals surface area contributed by atoms with Crippen LogP contribution in [0.5, 0.6) is 0 Å². The fraction of sp³-hybridized carbons (Fsp3) is 0.882. The standard InChI is InChI=1S/C17H29N3OS/c1-20(2)6-5-18-16(22)19-15(21)17-4-3-12-7-13(10-17)9-14(8-12)11-17/h12-14H,3-11H2,1-2H3,(H2,18,19,21,22)/t12?,13-,14+,17?. The summed E-state index contributed by atoms with van der Waals surface area (Å²) in [6.45, 7) is 1.68. The van der Waals surface area contributed by atoms with Crippen LogP contribution in [0.3, 0.4) is 0 Å². The van der Waals surface area contributed by atoms with Crippen molar-refractivity contribution in [2.24, 2.45) is 23.2 Å². The van der Waals surface area contributed by atoms with E-state index in [0.29, 0.717) is 5.11 Å². The second kappa shape index (κ2) is 6.44. The van der Waals surface area contributed by atoms with Crippen LogP contribution in [0.1, 0.15) is 44.9 Å². The van der Waals surface area contributed by atoms with Crippen LogP contribution in [0.25, 0.3) is 0 Å². The van der Waals surface area contributed by atoms with Crippen molar-refractivity contribution in [3.63, 3.8) is 0 Å². The van der Waals surface area contributed by atoms with Crippen LogP contribution >= 0.6 is 12.2 Å². The Morgan fingerprint density at radius 2 is 1.82 bits per heavy atom. The molecule has 124 valence electrons. The normalized spacial score (nSPS) is 36.2. The molecular formula is C17H29N3OS. The Labute approximate surface area is 139 Å². The molecule has 1 amide bonds. The zero-order valence-electron chi connectivity index (χ0n) is 13.9. The molecule has 2 unspecified atom stereocenters. The third-order valence-corrected chi connectivity index (χ3v) is 6.19. The van der Waals surface area contributed by atoms with Crippen LogP contribution in [0.15, 0.2) is 0 Å². The highest BCUT2D eigenvalue weighted by atomic mass is 32.1. The Morgan fingerprint density at radius 3 is 2.45 bits per heavy atom. The highest BCUT2D eigenvalue weighted by Gasteiger charge is 2.51. The van der Waals surface area contributed by atoms with E-state index in [9.17, 15) is 4.79 Å². The molecule has 4 aliphatic rings. The van der Waals surface area contributed by atoms with Crippen molar-refractivity contribution in [1.82, 2.24) is 15.5 Å². The number of likely N-dealkylation sites (N-methyl/N-ethyl adjacent to an activating group) is 1. The smallest absolute Gasteiger partial charge is 0.232 e. The maximum atomic E-state index is 12.9. The van der Waals surface area contributed by atoms with Crippen LogP contribution in [0.4, 0.5) is 0 Å². The fourth-order valence-electron chi connectivity index (χ4n) is 5.12. The van der Waals surface area contributed by atoms with Gasteiger partial charge in [-0.2, -0.15) is 0 Å². The molecule has 0 aromatic heterocycles. The van der Waals surface area contributed by atoms with Gasteiger partial charge in [-0.05, 0) is 89.0 Å². The molecular weight excluding hydrogens is 294 g/mol. The van der Waals surface area contributed by atoms with Gasteiger partial charge in [0.2, 0.25) is 5.91 Å². The summed E-state index contributed by atoms with van der Waals surface area (Å²) in [4.78, 5) is 15.0. The van der Waals surface area contributed by atoms with Gasteiger partial charge in [-0.25, -0.2) is 0 Å². The fourth-order valence-corrected chi connectivity index (χ4v) is 5.31. The number of nitrogens with zero attached hydrogens (tertiary/aromatic N) is 1. The molecule has 2 N–H and O–H groups in total. The lowest BCUT2D eigenvalue weighted by Crippen LogP contribution is -2.50. The van der Waals surface area contributed by atoms with Crippen LogP contribution < -0.4 is 10.6 Å². The number of thiocarbonyl (C=S) groups is 1. The number of carbonyl (C=O) groups is 1. The third-order valence-electron chi connectivity index (χ3n) is 5.94. The van der Waals surface area contributed by atoms with E-state index in [1.54, 1.807) is 0 Å². The van der Waals surface area contributed by atoms with Crippen LogP contribution in [0.2, 0.25) is 0 Å². The van der Waals surface area contributed by atoms with Gasteiger partial charge < -0.3 is 15.5 Å². The number of fused-ring (bicyclic) bond motifs is 1. The van der Waals surface area contributed by atoms with Gasteiger partial charge in [-0.1, -0.05) is 0 Å². The quantitative estimate of drug-likeness (QED) is 0.778. The number of amides is 1. The molecule has 4 saturated carbocycles. The number of rotatable bonds is 4. The van der Waals surface area contributed by atoms with Crippen LogP contribution in [-0.2, 0) is 4.79 Å². The van der Waals surface area contributed by atoms with Gasteiger partial charge in [-0.15, -0.1) is 0 Å². The molecule has 4 bridgehead atoms. The van der Waals surface area contributed by atoms with E-state index in [4.69, 9.17) is 12.2 Å². The summed E-state index contributed by atoms with van der Waals surface area (Å²) in [6.07, 6.45) is 8.56. The van der Waals surface area contributed by atoms with E-state index in [0.717, 1.165) is 50.1 Å². The molecule has 4 nitrogen and oxygen atoms in total. The predicted molar refractivity (Wildman–Crippen MR) is 92.5 cm³/mol. The summed E-state index contributed by atoms with van der Waals surface area (Å²) in [5.41, 5.74) is -0.133. The number of carbonyl (C=O) groups excluding carboxylic acids is 1. The first-order valence-corrected chi connectivity index (χ1v) is 9.12. The van der Waals surface area contributed by atoms with Crippen LogP contribution in [0, 0.1) is 23.2 Å². The Kier molecular flexibility index (Phi) is 4.74. The van der Waals surface area contributed by atoms with Gasteiger partial charge >= 0.3 is 0 Å². The molecule has 0 aromatic rings. The first-order chi connectivity index (χ1) is 10.5. The van der Waals surface area contributed by atoms with Gasteiger partial charge in [-0.3, -0.25) is 4.79 Å². The van der Waals surface area contributed by atoms with Gasteiger partial charge in [0.05, 0.1) is 5.41 Å². The van der Waals surface area contributed by atoms with E-state index < -0.39 is 0 Å². The molecule has 5 heteroatoms. The molecule has 0 heterocycles. The van der Waals surface area contributed by atoms with Crippen LogP contribution in [-0.4, -0.2) is 43.1 Å². The van der Waals surface area contributed by atoms with Crippen molar-refractivity contribution in [3.05, 3.63) is 0 Å². The molecule has 22 heavy (non-hydrogen) atoms. The van der Waals surface area contributed by atoms with Gasteiger partial charge in [0.25, 0.3) is 0 Å². The van der Waals surface area contributed by atoms with Crippen molar-refractivity contribution in [1.29, 1.82) is 0 Å². The zero-order chi connectivity index (χ0) is 15.7. The van der Waals surface area contributed by atoms with Gasteiger partial charge in [0.15, 0.2) is 5.11 Å². The maximum Gasteiger partial charge on any atom is 0.232 e. The van der Waals surface area contributed by atoms with E-state index in [1.165, 1.54) is 25.7 Å². The average Bonchev–Trinajstić information content (AvgIpc) is 2.63. The lowest BCUT2D eigenvalue weighted by Gasteiger charge is -2.44. The van der Waals surface area contributed by atoms with E-state index >= 15 is 0 Å². The molecule has 0 radical (unpaired) electrons. The van der Waals surface area contributed by atoms with Gasteiger partial charge in [0, 0.05) is 13.1 Å². The summed E-state index contributed by atoms with van der Waals surface area (Å²) in [7, 11) is 4.06. The summed E-state index contributed by atoms with van der Waals surface area (Å²) in [5.74, 6) is 2.63. The highest BCUT2D eigenvalue weighted by Crippen LogP contribution is 2.57. The predicted octanol–water partition coefficient (Wildman–Crippen LogP) is 2.15. The molecule has 4 atom stereocenters. The Bertz CT molecular complexity index is 437. The summed E-state index contributed by atoms with van der Waals surface area (Å²) >= 11 is 5.31. The minimum atomic E-state index is -0.133. The SMILES string of the molecule is CN(C)CCNC(=S)NC(=O)C12CCC3C[C@H](C[C@H](C3)C1)C2. The Morgan fingerprint density at radius 1 is 1.18 bits per heavy atom. The molecule has 4 aliphatic carbocycles. The second-order valence-corrected chi connectivity index (χ2v) is 8.45. The van der Waals surface area contributed by atoms with E-state index in [-0.39, 0.29) is 11.3 Å². The lowest BCUT2D eigenvalue weighted by molar-refractivity contribution is -0.134. The van der Waals surface area contributed by atoms with E-state index in [1.807, 2.05) is 14.1 Å².